The van der Waals surface area contributed by atoms with Gasteiger partial charge in [0.25, 0.3) is 0 Å². The van der Waals surface area contributed by atoms with Crippen molar-refractivity contribution in [3.05, 3.63) is 0 Å². The summed E-state index contributed by atoms with van der Waals surface area (Å²) in [5.74, 6) is 0.648. The van der Waals surface area contributed by atoms with Crippen LogP contribution in [0.4, 0.5) is 0 Å². The molecule has 0 aromatic heterocycles. The Balaban J connectivity index is 3.85. The third-order valence-electron chi connectivity index (χ3n) is 2.41. The monoisotopic (exact) mass is 201 g/mol. The Hall–Kier alpha value is -0.570. The quantitative estimate of drug-likeness (QED) is 0.663. The van der Waals surface area contributed by atoms with Gasteiger partial charge < -0.3 is 10.8 Å². The van der Waals surface area contributed by atoms with Gasteiger partial charge in [0, 0.05) is 6.42 Å². The van der Waals surface area contributed by atoms with Gasteiger partial charge in [-0.2, -0.15) is 0 Å². The molecule has 0 aromatic rings. The predicted octanol–water partition coefficient (Wildman–Crippen LogP) is 2.11. The Bertz CT molecular complexity index is 169. The third-order valence-corrected chi connectivity index (χ3v) is 2.41. The maximum atomic E-state index is 10.5. The molecule has 0 spiro atoms. The van der Waals surface area contributed by atoms with E-state index in [4.69, 9.17) is 10.8 Å². The van der Waals surface area contributed by atoms with Gasteiger partial charge in [-0.3, -0.25) is 4.79 Å². The molecular formula is C11H23NO2. The fourth-order valence-corrected chi connectivity index (χ4v) is 1.98. The summed E-state index contributed by atoms with van der Waals surface area (Å²) in [5, 5.41) is 8.65. The average molecular weight is 201 g/mol. The first-order valence-electron chi connectivity index (χ1n) is 5.37. The van der Waals surface area contributed by atoms with Crippen molar-refractivity contribution in [2.24, 2.45) is 23.5 Å². The molecule has 14 heavy (non-hydrogen) atoms. The number of aliphatic carboxylic acids is 1. The summed E-state index contributed by atoms with van der Waals surface area (Å²) in [7, 11) is 0. The van der Waals surface area contributed by atoms with Gasteiger partial charge in [-0.1, -0.05) is 20.8 Å². The molecular weight excluding hydrogens is 178 g/mol. The van der Waals surface area contributed by atoms with E-state index in [-0.39, 0.29) is 12.3 Å². The summed E-state index contributed by atoms with van der Waals surface area (Å²) < 4.78 is 0. The zero-order chi connectivity index (χ0) is 11.1. The fourth-order valence-electron chi connectivity index (χ4n) is 1.98. The summed E-state index contributed by atoms with van der Waals surface area (Å²) >= 11 is 0. The minimum Gasteiger partial charge on any atom is -0.481 e. The van der Waals surface area contributed by atoms with E-state index in [1.165, 1.54) is 0 Å². The molecule has 0 rings (SSSR count). The molecule has 0 aromatic carbocycles. The van der Waals surface area contributed by atoms with Crippen LogP contribution in [0, 0.1) is 17.8 Å². The van der Waals surface area contributed by atoms with E-state index in [1.807, 2.05) is 0 Å². The SMILES string of the molecule is CC(C)C[C@@H](C)CC(CN)CC(=O)O. The lowest BCUT2D eigenvalue weighted by molar-refractivity contribution is -0.138. The predicted molar refractivity (Wildman–Crippen MR) is 58.0 cm³/mol. The first-order chi connectivity index (χ1) is 6.45. The van der Waals surface area contributed by atoms with Crippen LogP contribution in [-0.2, 0) is 4.79 Å². The number of hydrogen-bond donors (Lipinski definition) is 2. The minimum atomic E-state index is -0.739. The van der Waals surface area contributed by atoms with Crippen LogP contribution in [0.5, 0.6) is 0 Å². The van der Waals surface area contributed by atoms with E-state index in [0.717, 1.165) is 12.8 Å². The standard InChI is InChI=1S/C11H23NO2/c1-8(2)4-9(3)5-10(7-12)6-11(13)14/h8-10H,4-7,12H2,1-3H3,(H,13,14)/t9-,10?/m1/s1. The topological polar surface area (TPSA) is 63.3 Å². The number of nitrogens with two attached hydrogens (primary N) is 1. The average Bonchev–Trinajstić information content (AvgIpc) is 2.00. The van der Waals surface area contributed by atoms with Gasteiger partial charge in [0.15, 0.2) is 0 Å². The van der Waals surface area contributed by atoms with E-state index in [9.17, 15) is 4.79 Å². The summed E-state index contributed by atoms with van der Waals surface area (Å²) in [6, 6.07) is 0. The molecule has 0 saturated carbocycles. The van der Waals surface area contributed by atoms with Crippen LogP contribution in [0.1, 0.15) is 40.0 Å². The summed E-state index contributed by atoms with van der Waals surface area (Å²) in [4.78, 5) is 10.5. The van der Waals surface area contributed by atoms with Crippen molar-refractivity contribution in [3.63, 3.8) is 0 Å². The van der Waals surface area contributed by atoms with Crippen molar-refractivity contribution in [1.29, 1.82) is 0 Å². The smallest absolute Gasteiger partial charge is 0.303 e. The molecule has 3 heteroatoms. The van der Waals surface area contributed by atoms with Crippen molar-refractivity contribution < 1.29 is 9.90 Å². The summed E-state index contributed by atoms with van der Waals surface area (Å²) in [5.41, 5.74) is 5.54. The molecule has 0 fully saturated rings. The van der Waals surface area contributed by atoms with Crippen molar-refractivity contribution in [3.8, 4) is 0 Å². The second-order valence-corrected chi connectivity index (χ2v) is 4.67. The van der Waals surface area contributed by atoms with Crippen LogP contribution < -0.4 is 5.73 Å². The van der Waals surface area contributed by atoms with E-state index < -0.39 is 5.97 Å². The van der Waals surface area contributed by atoms with E-state index in [0.29, 0.717) is 18.4 Å². The van der Waals surface area contributed by atoms with Gasteiger partial charge >= 0.3 is 5.97 Å². The van der Waals surface area contributed by atoms with Crippen LogP contribution in [0.2, 0.25) is 0 Å². The van der Waals surface area contributed by atoms with Gasteiger partial charge in [-0.15, -0.1) is 0 Å². The maximum absolute atomic E-state index is 10.5. The molecule has 1 unspecified atom stereocenters. The lowest BCUT2D eigenvalue weighted by atomic mass is 9.88. The molecule has 0 amide bonds. The minimum absolute atomic E-state index is 0.140. The number of carbonyl (C=O) groups is 1. The van der Waals surface area contributed by atoms with E-state index in [1.54, 1.807) is 0 Å². The Morgan fingerprint density at radius 3 is 2.21 bits per heavy atom. The highest BCUT2D eigenvalue weighted by Crippen LogP contribution is 2.20. The molecule has 2 atom stereocenters. The zero-order valence-electron chi connectivity index (χ0n) is 9.49. The van der Waals surface area contributed by atoms with Gasteiger partial charge in [0.1, 0.15) is 0 Å². The molecule has 84 valence electrons. The van der Waals surface area contributed by atoms with Crippen LogP contribution in [0.25, 0.3) is 0 Å². The first kappa shape index (κ1) is 13.4. The molecule has 0 heterocycles. The summed E-state index contributed by atoms with van der Waals surface area (Å²) in [6.07, 6.45) is 2.29. The van der Waals surface area contributed by atoms with Gasteiger partial charge in [-0.25, -0.2) is 0 Å². The third kappa shape index (κ3) is 6.89. The lowest BCUT2D eigenvalue weighted by Gasteiger charge is -2.19. The highest BCUT2D eigenvalue weighted by molar-refractivity contribution is 5.67. The van der Waals surface area contributed by atoms with Crippen LogP contribution in [0.15, 0.2) is 0 Å². The highest BCUT2D eigenvalue weighted by atomic mass is 16.4. The molecule has 0 aliphatic rings. The second kappa shape index (κ2) is 6.82. The Labute approximate surface area is 86.7 Å². The first-order valence-corrected chi connectivity index (χ1v) is 5.37. The highest BCUT2D eigenvalue weighted by Gasteiger charge is 2.15. The van der Waals surface area contributed by atoms with Crippen molar-refractivity contribution in [1.82, 2.24) is 0 Å². The van der Waals surface area contributed by atoms with Gasteiger partial charge in [0.05, 0.1) is 0 Å². The molecule has 0 radical (unpaired) electrons. The molecule has 0 aliphatic carbocycles. The zero-order valence-corrected chi connectivity index (χ0v) is 9.49. The van der Waals surface area contributed by atoms with Crippen molar-refractivity contribution >= 4 is 5.97 Å². The molecule has 0 aliphatic heterocycles. The van der Waals surface area contributed by atoms with Crippen molar-refractivity contribution in [2.75, 3.05) is 6.54 Å². The Morgan fingerprint density at radius 2 is 1.86 bits per heavy atom. The van der Waals surface area contributed by atoms with Crippen LogP contribution in [-0.4, -0.2) is 17.6 Å². The number of rotatable bonds is 7. The number of carboxylic acid groups (broad SMARTS) is 1. The molecule has 3 nitrogen and oxygen atoms in total. The van der Waals surface area contributed by atoms with Crippen LogP contribution >= 0.6 is 0 Å². The second-order valence-electron chi connectivity index (χ2n) is 4.67. The maximum Gasteiger partial charge on any atom is 0.303 e. The largest absolute Gasteiger partial charge is 0.481 e. The molecule has 3 N–H and O–H groups in total. The Kier molecular flexibility index (Phi) is 6.54. The molecule has 0 bridgehead atoms. The van der Waals surface area contributed by atoms with E-state index >= 15 is 0 Å². The Morgan fingerprint density at radius 1 is 1.29 bits per heavy atom. The van der Waals surface area contributed by atoms with Gasteiger partial charge in [-0.05, 0) is 37.1 Å². The number of hydrogen-bond acceptors (Lipinski definition) is 2. The number of carboxylic acids is 1. The van der Waals surface area contributed by atoms with Crippen molar-refractivity contribution in [2.45, 2.75) is 40.0 Å². The fraction of sp³-hybridized carbons (Fsp3) is 0.909. The molecule has 0 saturated heterocycles. The lowest BCUT2D eigenvalue weighted by Crippen LogP contribution is -2.20. The van der Waals surface area contributed by atoms with Crippen LogP contribution in [0.3, 0.4) is 0 Å². The summed E-state index contributed by atoms with van der Waals surface area (Å²) in [6.45, 7) is 7.02. The van der Waals surface area contributed by atoms with Gasteiger partial charge in [0.2, 0.25) is 0 Å². The van der Waals surface area contributed by atoms with E-state index in [2.05, 4.69) is 20.8 Å². The normalized spacial score (nSPS) is 15.5.